The summed E-state index contributed by atoms with van der Waals surface area (Å²) in [5, 5.41) is 13.7. The Hall–Kier alpha value is -2.90. The zero-order valence-electron chi connectivity index (χ0n) is 18.2. The average molecular weight is 456 g/mol. The molecule has 168 valence electrons. The molecule has 0 saturated carbocycles. The lowest BCUT2D eigenvalue weighted by Gasteiger charge is -2.18. The van der Waals surface area contributed by atoms with E-state index in [2.05, 4.69) is 21.1 Å². The number of carboxylic acids is 1. The second-order valence-electron chi connectivity index (χ2n) is 8.16. The normalized spacial score (nSPS) is 14.2. The molecule has 0 amide bonds. The highest BCUT2D eigenvalue weighted by molar-refractivity contribution is 6.32. The van der Waals surface area contributed by atoms with Gasteiger partial charge in [-0.25, -0.2) is 0 Å². The fraction of sp³-hybridized carbons (Fsp3) is 0.375. The lowest BCUT2D eigenvalue weighted by Crippen LogP contribution is -2.28. The van der Waals surface area contributed by atoms with E-state index in [1.165, 1.54) is 11.1 Å². The topological polar surface area (TPSA) is 88.7 Å². The van der Waals surface area contributed by atoms with Crippen molar-refractivity contribution in [1.29, 1.82) is 0 Å². The van der Waals surface area contributed by atoms with Crippen LogP contribution in [-0.4, -0.2) is 51.9 Å². The number of fused-ring (bicyclic) bond motifs is 1. The van der Waals surface area contributed by atoms with Gasteiger partial charge in [0.2, 0.25) is 5.82 Å². The van der Waals surface area contributed by atoms with Crippen LogP contribution < -0.4 is 4.74 Å². The van der Waals surface area contributed by atoms with Crippen LogP contribution in [0.5, 0.6) is 5.75 Å². The number of rotatable bonds is 7. The number of benzene rings is 2. The first kappa shape index (κ1) is 22.3. The molecule has 7 nitrogen and oxygen atoms in total. The van der Waals surface area contributed by atoms with Crippen LogP contribution in [0.2, 0.25) is 5.02 Å². The number of halogens is 1. The van der Waals surface area contributed by atoms with Crippen molar-refractivity contribution in [3.63, 3.8) is 0 Å². The van der Waals surface area contributed by atoms with Gasteiger partial charge in [0, 0.05) is 30.8 Å². The van der Waals surface area contributed by atoms with E-state index in [1.807, 2.05) is 38.1 Å². The van der Waals surface area contributed by atoms with Gasteiger partial charge in [0.1, 0.15) is 5.75 Å². The summed E-state index contributed by atoms with van der Waals surface area (Å²) in [6.07, 6.45) is 1.85. The third-order valence-corrected chi connectivity index (χ3v) is 5.79. The van der Waals surface area contributed by atoms with Crippen molar-refractivity contribution in [1.82, 2.24) is 15.0 Å². The van der Waals surface area contributed by atoms with E-state index in [0.717, 1.165) is 37.1 Å². The molecular formula is C24H26ClN3O4. The molecule has 1 N–H and O–H groups in total. The molecule has 0 unspecified atom stereocenters. The predicted molar refractivity (Wildman–Crippen MR) is 122 cm³/mol. The Balaban J connectivity index is 1.56. The van der Waals surface area contributed by atoms with Gasteiger partial charge in [0.05, 0.1) is 17.5 Å². The van der Waals surface area contributed by atoms with Crippen LogP contribution in [0.1, 0.15) is 31.4 Å². The van der Waals surface area contributed by atoms with Crippen molar-refractivity contribution >= 4 is 17.6 Å². The van der Waals surface area contributed by atoms with Gasteiger partial charge in [-0.2, -0.15) is 4.98 Å². The van der Waals surface area contributed by atoms with Gasteiger partial charge in [0.15, 0.2) is 0 Å². The molecule has 3 aromatic rings. The largest absolute Gasteiger partial charge is 0.489 e. The van der Waals surface area contributed by atoms with Crippen molar-refractivity contribution in [2.75, 3.05) is 19.6 Å². The quantitative estimate of drug-likeness (QED) is 0.551. The first-order chi connectivity index (χ1) is 15.4. The van der Waals surface area contributed by atoms with Crippen LogP contribution in [-0.2, 0) is 17.6 Å². The molecule has 0 saturated heterocycles. The highest BCUT2D eigenvalue weighted by Gasteiger charge is 2.21. The average Bonchev–Trinajstić information content (AvgIpc) is 3.15. The maximum atomic E-state index is 10.9. The molecule has 0 atom stereocenters. The highest BCUT2D eigenvalue weighted by atomic mass is 35.5. The van der Waals surface area contributed by atoms with Gasteiger partial charge in [-0.15, -0.1) is 0 Å². The van der Waals surface area contributed by atoms with E-state index >= 15 is 0 Å². The van der Waals surface area contributed by atoms with E-state index in [0.29, 0.717) is 29.0 Å². The molecular weight excluding hydrogens is 430 g/mol. The van der Waals surface area contributed by atoms with E-state index in [4.69, 9.17) is 26.0 Å². The minimum atomic E-state index is -0.768. The molecule has 4 rings (SSSR count). The van der Waals surface area contributed by atoms with Crippen molar-refractivity contribution in [3.8, 4) is 28.6 Å². The van der Waals surface area contributed by atoms with E-state index < -0.39 is 5.97 Å². The highest BCUT2D eigenvalue weighted by Crippen LogP contribution is 2.33. The molecule has 8 heteroatoms. The minimum absolute atomic E-state index is 0.0294. The van der Waals surface area contributed by atoms with Crippen LogP contribution in [0.4, 0.5) is 0 Å². The molecule has 0 spiro atoms. The minimum Gasteiger partial charge on any atom is -0.489 e. The molecule has 0 aliphatic carbocycles. The van der Waals surface area contributed by atoms with Crippen molar-refractivity contribution in [2.45, 2.75) is 39.2 Å². The second-order valence-corrected chi connectivity index (χ2v) is 8.57. The van der Waals surface area contributed by atoms with Gasteiger partial charge < -0.3 is 19.3 Å². The zero-order valence-corrected chi connectivity index (χ0v) is 18.9. The SMILES string of the molecule is CC(C)Oc1ccc(-c2nc(-c3cccc4c3CCN(CCC(=O)O)CC4)no2)cc1Cl. The summed E-state index contributed by atoms with van der Waals surface area (Å²) in [7, 11) is 0. The number of nitrogens with zero attached hydrogens (tertiary/aromatic N) is 3. The molecule has 1 aromatic heterocycles. The van der Waals surface area contributed by atoms with Crippen LogP contribution in [0, 0.1) is 0 Å². The summed E-state index contributed by atoms with van der Waals surface area (Å²) < 4.78 is 11.2. The van der Waals surface area contributed by atoms with Crippen molar-refractivity contribution < 1.29 is 19.2 Å². The summed E-state index contributed by atoms with van der Waals surface area (Å²) in [6, 6.07) is 11.6. The summed E-state index contributed by atoms with van der Waals surface area (Å²) in [4.78, 5) is 17.8. The predicted octanol–water partition coefficient (Wildman–Crippen LogP) is 4.72. The van der Waals surface area contributed by atoms with Gasteiger partial charge in [-0.1, -0.05) is 35.0 Å². The number of carboxylic acid groups (broad SMARTS) is 1. The molecule has 0 radical (unpaired) electrons. The zero-order chi connectivity index (χ0) is 22.7. The molecule has 1 aliphatic heterocycles. The van der Waals surface area contributed by atoms with Gasteiger partial charge >= 0.3 is 5.97 Å². The first-order valence-corrected chi connectivity index (χ1v) is 11.1. The number of carbonyl (C=O) groups is 1. The van der Waals surface area contributed by atoms with Crippen LogP contribution in [0.3, 0.4) is 0 Å². The standard InChI is InChI=1S/C24H26ClN3O4/c1-15(2)31-21-7-6-17(14-20(21)25)24-26-23(27-32-24)19-5-3-4-16-8-11-28(12-9-18(16)19)13-10-22(29)30/h3-7,14-15H,8-13H2,1-2H3,(H,29,30). The molecule has 2 heterocycles. The van der Waals surface area contributed by atoms with Crippen LogP contribution in [0.15, 0.2) is 40.9 Å². The number of ether oxygens (including phenoxy) is 1. The van der Waals surface area contributed by atoms with E-state index in [-0.39, 0.29) is 12.5 Å². The number of aliphatic carboxylic acids is 1. The Morgan fingerprint density at radius 3 is 2.81 bits per heavy atom. The van der Waals surface area contributed by atoms with Gasteiger partial charge in [-0.3, -0.25) is 4.79 Å². The van der Waals surface area contributed by atoms with Gasteiger partial charge in [-0.05, 0) is 56.0 Å². The Labute approximate surface area is 192 Å². The van der Waals surface area contributed by atoms with Gasteiger partial charge in [0.25, 0.3) is 5.89 Å². The van der Waals surface area contributed by atoms with E-state index in [1.54, 1.807) is 6.07 Å². The maximum absolute atomic E-state index is 10.9. The smallest absolute Gasteiger partial charge is 0.304 e. The fourth-order valence-corrected chi connectivity index (χ4v) is 4.17. The monoisotopic (exact) mass is 455 g/mol. The Morgan fingerprint density at radius 1 is 1.25 bits per heavy atom. The summed E-state index contributed by atoms with van der Waals surface area (Å²) in [5.41, 5.74) is 4.11. The molecule has 1 aliphatic rings. The summed E-state index contributed by atoms with van der Waals surface area (Å²) in [6.45, 7) is 6.09. The molecule has 0 bridgehead atoms. The van der Waals surface area contributed by atoms with Crippen molar-refractivity contribution in [3.05, 3.63) is 52.5 Å². The number of hydrogen-bond acceptors (Lipinski definition) is 6. The molecule has 2 aromatic carbocycles. The number of aromatic nitrogens is 2. The first-order valence-electron chi connectivity index (χ1n) is 10.8. The Morgan fingerprint density at radius 2 is 2.06 bits per heavy atom. The Kier molecular flexibility index (Phi) is 6.77. The maximum Gasteiger partial charge on any atom is 0.304 e. The fourth-order valence-electron chi connectivity index (χ4n) is 3.94. The summed E-state index contributed by atoms with van der Waals surface area (Å²) in [5.74, 6) is 0.781. The third-order valence-electron chi connectivity index (χ3n) is 5.50. The lowest BCUT2D eigenvalue weighted by atomic mass is 9.97. The van der Waals surface area contributed by atoms with Crippen LogP contribution in [0.25, 0.3) is 22.8 Å². The lowest BCUT2D eigenvalue weighted by molar-refractivity contribution is -0.137. The van der Waals surface area contributed by atoms with Crippen molar-refractivity contribution in [2.24, 2.45) is 0 Å². The third kappa shape index (κ3) is 5.11. The summed E-state index contributed by atoms with van der Waals surface area (Å²) >= 11 is 6.36. The Bertz CT molecular complexity index is 1110. The second kappa shape index (κ2) is 9.71. The number of hydrogen-bond donors (Lipinski definition) is 1. The van der Waals surface area contributed by atoms with E-state index in [9.17, 15) is 4.79 Å². The molecule has 32 heavy (non-hydrogen) atoms. The molecule has 0 fully saturated rings. The van der Waals surface area contributed by atoms with Crippen LogP contribution >= 0.6 is 11.6 Å².